The maximum atomic E-state index is 11.5. The van der Waals surface area contributed by atoms with Crippen LogP contribution in [0.1, 0.15) is 26.7 Å². The summed E-state index contributed by atoms with van der Waals surface area (Å²) in [5.41, 5.74) is 5.61. The van der Waals surface area contributed by atoms with Crippen LogP contribution in [0.2, 0.25) is 0 Å². The van der Waals surface area contributed by atoms with E-state index in [0.717, 1.165) is 0 Å². The lowest BCUT2D eigenvalue weighted by molar-refractivity contribution is -0.141. The summed E-state index contributed by atoms with van der Waals surface area (Å²) in [6.45, 7) is 3.87. The van der Waals surface area contributed by atoms with E-state index in [2.05, 4.69) is 11.2 Å². The van der Waals surface area contributed by atoms with Gasteiger partial charge >= 0.3 is 5.97 Å². The second-order valence-corrected chi connectivity index (χ2v) is 4.04. The quantitative estimate of drug-likeness (QED) is 0.554. The van der Waals surface area contributed by atoms with Crippen LogP contribution in [0.4, 0.5) is 0 Å². The summed E-state index contributed by atoms with van der Waals surface area (Å²) in [6.07, 6.45) is 5.47. The number of hydrogen-bond donors (Lipinski definition) is 3. The van der Waals surface area contributed by atoms with Crippen molar-refractivity contribution < 1.29 is 14.7 Å². The third-order valence-corrected chi connectivity index (χ3v) is 2.00. The number of hydrogen-bond acceptors (Lipinski definition) is 3. The maximum absolute atomic E-state index is 11.5. The predicted octanol–water partition coefficient (Wildman–Crippen LogP) is -0.0475. The van der Waals surface area contributed by atoms with E-state index in [9.17, 15) is 9.59 Å². The fraction of sp³-hybridized carbons (Fsp3) is 0.636. The molecule has 0 rings (SSSR count). The van der Waals surface area contributed by atoms with Crippen LogP contribution in [0.3, 0.4) is 0 Å². The Hall–Kier alpha value is -1.54. The molecule has 0 saturated heterocycles. The van der Waals surface area contributed by atoms with Gasteiger partial charge in [0.2, 0.25) is 5.91 Å². The van der Waals surface area contributed by atoms with E-state index in [1.165, 1.54) is 0 Å². The van der Waals surface area contributed by atoms with Gasteiger partial charge in [0.05, 0.1) is 6.04 Å². The Kier molecular flexibility index (Phi) is 6.19. The van der Waals surface area contributed by atoms with E-state index in [-0.39, 0.29) is 12.3 Å². The van der Waals surface area contributed by atoms with Gasteiger partial charge in [-0.15, -0.1) is 12.3 Å². The average molecular weight is 226 g/mol. The van der Waals surface area contributed by atoms with E-state index in [1.54, 1.807) is 0 Å². The van der Waals surface area contributed by atoms with Gasteiger partial charge in [-0.1, -0.05) is 13.8 Å². The molecule has 2 atom stereocenters. The van der Waals surface area contributed by atoms with Crippen molar-refractivity contribution in [1.29, 1.82) is 0 Å². The molecular formula is C11H18N2O3. The van der Waals surface area contributed by atoms with Gasteiger partial charge in [0.15, 0.2) is 0 Å². The van der Waals surface area contributed by atoms with Crippen molar-refractivity contribution in [2.24, 2.45) is 11.7 Å². The molecule has 16 heavy (non-hydrogen) atoms. The molecule has 0 aromatic heterocycles. The van der Waals surface area contributed by atoms with Gasteiger partial charge in [0, 0.05) is 6.42 Å². The van der Waals surface area contributed by atoms with Gasteiger partial charge in [0.25, 0.3) is 0 Å². The predicted molar refractivity (Wildman–Crippen MR) is 60.4 cm³/mol. The minimum Gasteiger partial charge on any atom is -0.480 e. The van der Waals surface area contributed by atoms with Crippen molar-refractivity contribution >= 4 is 11.9 Å². The molecule has 1 unspecified atom stereocenters. The van der Waals surface area contributed by atoms with Crippen molar-refractivity contribution in [3.8, 4) is 12.3 Å². The molecule has 0 radical (unpaired) electrons. The molecule has 0 aliphatic rings. The molecular weight excluding hydrogens is 208 g/mol. The first kappa shape index (κ1) is 14.5. The van der Waals surface area contributed by atoms with Gasteiger partial charge in [-0.2, -0.15) is 0 Å². The number of aliphatic carboxylic acids is 1. The van der Waals surface area contributed by atoms with Crippen LogP contribution in [0.15, 0.2) is 0 Å². The van der Waals surface area contributed by atoms with E-state index < -0.39 is 24.0 Å². The molecule has 0 aromatic rings. The van der Waals surface area contributed by atoms with Crippen LogP contribution < -0.4 is 11.1 Å². The Bertz CT molecular complexity index is 294. The molecule has 0 aliphatic carbocycles. The standard InChI is InChI=1S/C11H18N2O3/c1-4-5-9(11(15)16)13-10(14)8(12)6-7(2)3/h1,7-9H,5-6,12H2,2-3H3,(H,13,14)(H,15,16)/t8-,9?/m0/s1. The zero-order valence-electron chi connectivity index (χ0n) is 9.56. The van der Waals surface area contributed by atoms with Crippen molar-refractivity contribution in [3.05, 3.63) is 0 Å². The van der Waals surface area contributed by atoms with E-state index >= 15 is 0 Å². The lowest BCUT2D eigenvalue weighted by atomic mass is 10.0. The highest BCUT2D eigenvalue weighted by Gasteiger charge is 2.22. The molecule has 4 N–H and O–H groups in total. The molecule has 5 nitrogen and oxygen atoms in total. The number of terminal acetylenes is 1. The lowest BCUT2D eigenvalue weighted by Crippen LogP contribution is -2.48. The average Bonchev–Trinajstić information content (AvgIpc) is 2.15. The molecule has 0 fully saturated rings. The van der Waals surface area contributed by atoms with Crippen molar-refractivity contribution in [3.63, 3.8) is 0 Å². The second-order valence-electron chi connectivity index (χ2n) is 4.04. The number of carboxylic acids is 1. The van der Waals surface area contributed by atoms with Crippen molar-refractivity contribution in [1.82, 2.24) is 5.32 Å². The van der Waals surface area contributed by atoms with Crippen LogP contribution in [-0.2, 0) is 9.59 Å². The molecule has 1 amide bonds. The fourth-order valence-corrected chi connectivity index (χ4v) is 1.21. The third kappa shape index (κ3) is 5.37. The fourth-order valence-electron chi connectivity index (χ4n) is 1.21. The number of rotatable bonds is 6. The lowest BCUT2D eigenvalue weighted by Gasteiger charge is -2.17. The maximum Gasteiger partial charge on any atom is 0.327 e. The SMILES string of the molecule is C#CCC(NC(=O)[C@@H](N)CC(C)C)C(=O)O. The molecule has 0 aromatic carbocycles. The van der Waals surface area contributed by atoms with Crippen LogP contribution >= 0.6 is 0 Å². The first-order chi connectivity index (χ1) is 7.38. The van der Waals surface area contributed by atoms with Crippen LogP contribution in [0.5, 0.6) is 0 Å². The highest BCUT2D eigenvalue weighted by Crippen LogP contribution is 2.03. The van der Waals surface area contributed by atoms with Gasteiger partial charge < -0.3 is 16.2 Å². The summed E-state index contributed by atoms with van der Waals surface area (Å²) >= 11 is 0. The van der Waals surface area contributed by atoms with Gasteiger partial charge in [-0.05, 0) is 12.3 Å². The third-order valence-electron chi connectivity index (χ3n) is 2.00. The van der Waals surface area contributed by atoms with E-state index in [0.29, 0.717) is 6.42 Å². The highest BCUT2D eigenvalue weighted by molar-refractivity contribution is 5.86. The normalized spacial score (nSPS) is 13.9. The van der Waals surface area contributed by atoms with Gasteiger partial charge in [-0.3, -0.25) is 4.79 Å². The summed E-state index contributed by atoms with van der Waals surface area (Å²) in [7, 11) is 0. The first-order valence-electron chi connectivity index (χ1n) is 5.10. The molecule has 90 valence electrons. The number of carbonyl (C=O) groups excluding carboxylic acids is 1. The summed E-state index contributed by atoms with van der Waals surface area (Å²) < 4.78 is 0. The number of nitrogens with one attached hydrogen (secondary N) is 1. The highest BCUT2D eigenvalue weighted by atomic mass is 16.4. The molecule has 0 spiro atoms. The molecule has 0 saturated carbocycles. The Morgan fingerprint density at radius 3 is 2.44 bits per heavy atom. The second kappa shape index (κ2) is 6.85. The van der Waals surface area contributed by atoms with Gasteiger partial charge in [-0.25, -0.2) is 4.79 Å². The number of amides is 1. The minimum absolute atomic E-state index is 0.0462. The number of nitrogens with two attached hydrogens (primary N) is 1. The van der Waals surface area contributed by atoms with Crippen molar-refractivity contribution in [2.45, 2.75) is 38.8 Å². The zero-order valence-corrected chi connectivity index (χ0v) is 9.56. The smallest absolute Gasteiger partial charge is 0.327 e. The molecule has 0 bridgehead atoms. The zero-order chi connectivity index (χ0) is 12.7. The minimum atomic E-state index is -1.15. The van der Waals surface area contributed by atoms with Crippen LogP contribution in [0.25, 0.3) is 0 Å². The van der Waals surface area contributed by atoms with Crippen LogP contribution in [-0.4, -0.2) is 29.1 Å². The summed E-state index contributed by atoms with van der Waals surface area (Å²) in [6, 6.07) is -1.75. The van der Waals surface area contributed by atoms with Crippen molar-refractivity contribution in [2.75, 3.05) is 0 Å². The Balaban J connectivity index is 4.30. The Morgan fingerprint density at radius 1 is 1.50 bits per heavy atom. The van der Waals surface area contributed by atoms with E-state index in [1.807, 2.05) is 13.8 Å². The Morgan fingerprint density at radius 2 is 2.06 bits per heavy atom. The van der Waals surface area contributed by atoms with E-state index in [4.69, 9.17) is 17.3 Å². The largest absolute Gasteiger partial charge is 0.480 e. The molecule has 5 heteroatoms. The van der Waals surface area contributed by atoms with Crippen LogP contribution in [0, 0.1) is 18.3 Å². The topological polar surface area (TPSA) is 92.4 Å². The summed E-state index contributed by atoms with van der Waals surface area (Å²) in [4.78, 5) is 22.2. The molecule has 0 aliphatic heterocycles. The number of carboxylic acid groups (broad SMARTS) is 1. The first-order valence-corrected chi connectivity index (χ1v) is 5.10. The summed E-state index contributed by atoms with van der Waals surface area (Å²) in [5.74, 6) is 0.847. The number of carbonyl (C=O) groups is 2. The monoisotopic (exact) mass is 226 g/mol. The molecule has 0 heterocycles. The Labute approximate surface area is 95.4 Å². The van der Waals surface area contributed by atoms with Gasteiger partial charge in [0.1, 0.15) is 6.04 Å². The summed E-state index contributed by atoms with van der Waals surface area (Å²) in [5, 5.41) is 11.1.